The summed E-state index contributed by atoms with van der Waals surface area (Å²) in [5.41, 5.74) is 6.33. The second-order valence-corrected chi connectivity index (χ2v) is 9.47. The summed E-state index contributed by atoms with van der Waals surface area (Å²) in [7, 11) is 0. The van der Waals surface area contributed by atoms with Gasteiger partial charge in [0.15, 0.2) is 0 Å². The van der Waals surface area contributed by atoms with Crippen LogP contribution in [0, 0.1) is 0 Å². The van der Waals surface area contributed by atoms with Gasteiger partial charge in [0.2, 0.25) is 0 Å². The molecule has 5 heteroatoms. The molecule has 0 unspecified atom stereocenters. The highest BCUT2D eigenvalue weighted by Crippen LogP contribution is 2.44. The largest absolute Gasteiger partial charge is 0.480 e. The fraction of sp³-hybridized carbons (Fsp3) is 0.286. The molecule has 0 spiro atoms. The van der Waals surface area contributed by atoms with Gasteiger partial charge in [0.1, 0.15) is 12.6 Å². The van der Waals surface area contributed by atoms with Gasteiger partial charge < -0.3 is 15.2 Å². The van der Waals surface area contributed by atoms with Crippen LogP contribution in [-0.4, -0.2) is 29.8 Å². The van der Waals surface area contributed by atoms with E-state index in [1.54, 1.807) is 0 Å². The molecule has 5 nitrogen and oxygen atoms in total. The molecule has 0 fully saturated rings. The third-order valence-corrected chi connectivity index (χ3v) is 6.18. The molecule has 170 valence electrons. The van der Waals surface area contributed by atoms with Crippen LogP contribution in [0.15, 0.2) is 72.8 Å². The van der Waals surface area contributed by atoms with Gasteiger partial charge in [-0.1, -0.05) is 93.6 Å². The number of carbonyl (C=O) groups is 2. The number of carboxylic acids is 1. The van der Waals surface area contributed by atoms with Gasteiger partial charge >= 0.3 is 12.1 Å². The summed E-state index contributed by atoms with van der Waals surface area (Å²) in [6.45, 7) is 6.40. The summed E-state index contributed by atoms with van der Waals surface area (Å²) in [6, 6.07) is 22.8. The van der Waals surface area contributed by atoms with E-state index in [1.807, 2.05) is 60.7 Å². The number of alkyl carbamates (subject to hydrolysis) is 1. The minimum Gasteiger partial charge on any atom is -0.480 e. The SMILES string of the molecule is CC(C)(C)c1ccccc1C[C@H](NC(=O)OCC1c2ccccc2-c2ccccc21)C(=O)O. The van der Waals surface area contributed by atoms with Crippen LogP contribution in [0.3, 0.4) is 0 Å². The Morgan fingerprint density at radius 3 is 2.03 bits per heavy atom. The van der Waals surface area contributed by atoms with Gasteiger partial charge in [0.25, 0.3) is 0 Å². The highest BCUT2D eigenvalue weighted by atomic mass is 16.5. The third-order valence-electron chi connectivity index (χ3n) is 6.18. The summed E-state index contributed by atoms with van der Waals surface area (Å²) < 4.78 is 5.54. The van der Waals surface area contributed by atoms with Gasteiger partial charge in [-0.2, -0.15) is 0 Å². The van der Waals surface area contributed by atoms with Crippen molar-refractivity contribution in [3.8, 4) is 11.1 Å². The van der Waals surface area contributed by atoms with E-state index in [0.29, 0.717) is 0 Å². The molecule has 2 N–H and O–H groups in total. The lowest BCUT2D eigenvalue weighted by molar-refractivity contribution is -0.139. The quantitative estimate of drug-likeness (QED) is 0.526. The first-order chi connectivity index (χ1) is 15.8. The smallest absolute Gasteiger partial charge is 0.407 e. The Labute approximate surface area is 194 Å². The maximum absolute atomic E-state index is 12.6. The van der Waals surface area contributed by atoms with Gasteiger partial charge in [-0.15, -0.1) is 0 Å². The lowest BCUT2D eigenvalue weighted by Gasteiger charge is -2.24. The van der Waals surface area contributed by atoms with Crippen molar-refractivity contribution in [3.05, 3.63) is 95.1 Å². The lowest BCUT2D eigenvalue weighted by Crippen LogP contribution is -2.43. The van der Waals surface area contributed by atoms with Crippen LogP contribution in [-0.2, 0) is 21.4 Å². The number of hydrogen-bond donors (Lipinski definition) is 2. The molecular weight excluding hydrogens is 414 g/mol. The Balaban J connectivity index is 1.46. The van der Waals surface area contributed by atoms with Crippen LogP contribution >= 0.6 is 0 Å². The zero-order chi connectivity index (χ0) is 23.6. The second kappa shape index (κ2) is 9.10. The van der Waals surface area contributed by atoms with Gasteiger partial charge in [0, 0.05) is 12.3 Å². The summed E-state index contributed by atoms with van der Waals surface area (Å²) in [5, 5.41) is 12.3. The second-order valence-electron chi connectivity index (χ2n) is 9.47. The molecule has 3 aromatic carbocycles. The van der Waals surface area contributed by atoms with E-state index in [4.69, 9.17) is 4.74 Å². The molecule has 0 radical (unpaired) electrons. The van der Waals surface area contributed by atoms with E-state index in [0.717, 1.165) is 33.4 Å². The highest BCUT2D eigenvalue weighted by Gasteiger charge is 2.30. The van der Waals surface area contributed by atoms with Crippen molar-refractivity contribution in [1.82, 2.24) is 5.32 Å². The predicted molar refractivity (Wildman–Crippen MR) is 128 cm³/mol. The normalized spacial score (nSPS) is 13.7. The van der Waals surface area contributed by atoms with Gasteiger partial charge in [-0.25, -0.2) is 9.59 Å². The fourth-order valence-electron chi connectivity index (χ4n) is 4.63. The Kier molecular flexibility index (Phi) is 6.23. The van der Waals surface area contributed by atoms with Crippen LogP contribution < -0.4 is 5.32 Å². The summed E-state index contributed by atoms with van der Waals surface area (Å²) in [4.78, 5) is 24.5. The van der Waals surface area contributed by atoms with Crippen LogP contribution in [0.2, 0.25) is 0 Å². The standard InChI is InChI=1S/C28H29NO4/c1-28(2,3)24-15-9-4-10-18(24)16-25(26(30)31)29-27(32)33-17-23-21-13-7-5-11-19(21)20-12-6-8-14-22(20)23/h4-15,23,25H,16-17H2,1-3H3,(H,29,32)(H,30,31)/t25-/m0/s1. The maximum atomic E-state index is 12.6. The molecule has 1 aliphatic carbocycles. The first kappa shape index (κ1) is 22.6. The van der Waals surface area contributed by atoms with E-state index in [9.17, 15) is 14.7 Å². The molecule has 0 saturated carbocycles. The number of fused-ring (bicyclic) bond motifs is 3. The third kappa shape index (κ3) is 4.77. The molecule has 4 rings (SSSR count). The number of hydrogen-bond acceptors (Lipinski definition) is 3. The summed E-state index contributed by atoms with van der Waals surface area (Å²) in [6.07, 6.45) is -0.537. The molecule has 1 amide bonds. The van der Waals surface area contributed by atoms with Crippen molar-refractivity contribution < 1.29 is 19.4 Å². The average Bonchev–Trinajstić information content (AvgIpc) is 3.10. The number of ether oxygens (including phenoxy) is 1. The molecule has 0 aromatic heterocycles. The first-order valence-corrected chi connectivity index (χ1v) is 11.2. The number of rotatable bonds is 6. The monoisotopic (exact) mass is 443 g/mol. The lowest BCUT2D eigenvalue weighted by atomic mass is 9.82. The minimum absolute atomic E-state index is 0.0759. The molecule has 1 aliphatic rings. The number of carboxylic acid groups (broad SMARTS) is 1. The number of carbonyl (C=O) groups excluding carboxylic acids is 1. The fourth-order valence-corrected chi connectivity index (χ4v) is 4.63. The number of amides is 1. The van der Waals surface area contributed by atoms with Gasteiger partial charge in [-0.05, 0) is 38.8 Å². The molecule has 0 saturated heterocycles. The molecule has 0 bridgehead atoms. The Hall–Kier alpha value is -3.60. The summed E-state index contributed by atoms with van der Waals surface area (Å²) >= 11 is 0. The van der Waals surface area contributed by atoms with Crippen molar-refractivity contribution in [2.45, 2.75) is 44.6 Å². The zero-order valence-electron chi connectivity index (χ0n) is 19.2. The van der Waals surface area contributed by atoms with Gasteiger partial charge in [-0.3, -0.25) is 0 Å². The van der Waals surface area contributed by atoms with Crippen molar-refractivity contribution in [1.29, 1.82) is 0 Å². The molecule has 1 atom stereocenters. The van der Waals surface area contributed by atoms with Gasteiger partial charge in [0.05, 0.1) is 0 Å². The molecule has 0 heterocycles. The topological polar surface area (TPSA) is 75.6 Å². The van der Waals surface area contributed by atoms with Crippen LogP contribution in [0.1, 0.15) is 48.9 Å². The Bertz CT molecular complexity index is 1130. The number of benzene rings is 3. The van der Waals surface area contributed by atoms with E-state index in [1.165, 1.54) is 0 Å². The first-order valence-electron chi connectivity index (χ1n) is 11.2. The highest BCUT2D eigenvalue weighted by molar-refractivity contribution is 5.81. The van der Waals surface area contributed by atoms with E-state index >= 15 is 0 Å². The molecule has 33 heavy (non-hydrogen) atoms. The number of aliphatic carboxylic acids is 1. The van der Waals surface area contributed by atoms with Crippen molar-refractivity contribution in [2.75, 3.05) is 6.61 Å². The Morgan fingerprint density at radius 1 is 0.909 bits per heavy atom. The molecular formula is C28H29NO4. The van der Waals surface area contributed by atoms with Crippen LogP contribution in [0.4, 0.5) is 4.79 Å². The minimum atomic E-state index is -1.09. The number of nitrogens with one attached hydrogen (secondary N) is 1. The van der Waals surface area contributed by atoms with Crippen molar-refractivity contribution in [2.24, 2.45) is 0 Å². The van der Waals surface area contributed by atoms with E-state index in [-0.39, 0.29) is 24.4 Å². The predicted octanol–water partition coefficient (Wildman–Crippen LogP) is 5.52. The zero-order valence-corrected chi connectivity index (χ0v) is 19.2. The van der Waals surface area contributed by atoms with Crippen LogP contribution in [0.25, 0.3) is 11.1 Å². The van der Waals surface area contributed by atoms with E-state index in [2.05, 4.69) is 38.2 Å². The van der Waals surface area contributed by atoms with Crippen molar-refractivity contribution >= 4 is 12.1 Å². The van der Waals surface area contributed by atoms with Crippen LogP contribution in [0.5, 0.6) is 0 Å². The van der Waals surface area contributed by atoms with Crippen molar-refractivity contribution in [3.63, 3.8) is 0 Å². The summed E-state index contributed by atoms with van der Waals surface area (Å²) in [5.74, 6) is -1.17. The maximum Gasteiger partial charge on any atom is 0.407 e. The molecule has 0 aliphatic heterocycles. The van der Waals surface area contributed by atoms with E-state index < -0.39 is 18.1 Å². The molecule has 3 aromatic rings. The Morgan fingerprint density at radius 2 is 1.45 bits per heavy atom. The average molecular weight is 444 g/mol.